The molecule has 1 unspecified atom stereocenters. The molecule has 0 saturated heterocycles. The van der Waals surface area contributed by atoms with E-state index in [2.05, 4.69) is 15.9 Å². The van der Waals surface area contributed by atoms with Crippen LogP contribution in [-0.2, 0) is 10.3 Å². The first-order chi connectivity index (χ1) is 11.6. The van der Waals surface area contributed by atoms with Crippen LogP contribution < -0.4 is 0 Å². The molecule has 0 aromatic heterocycles. The minimum absolute atomic E-state index is 0.113. The van der Waals surface area contributed by atoms with Crippen LogP contribution in [0.5, 0.6) is 0 Å². The van der Waals surface area contributed by atoms with E-state index in [1.54, 1.807) is 12.1 Å². The molecule has 0 bridgehead atoms. The number of aryl methyl sites for hydroxylation is 1. The fourth-order valence-corrected chi connectivity index (χ4v) is 3.60. The maximum atomic E-state index is 13.9. The molecule has 0 fully saturated rings. The van der Waals surface area contributed by atoms with Gasteiger partial charge in [0, 0.05) is 26.5 Å². The highest BCUT2D eigenvalue weighted by Gasteiger charge is 2.60. The lowest BCUT2D eigenvalue weighted by molar-refractivity contribution is -0.260. The van der Waals surface area contributed by atoms with Crippen molar-refractivity contribution in [1.29, 1.82) is 0 Å². The molecule has 1 nitrogen and oxygen atoms in total. The Hall–Kier alpha value is -1.17. The Morgan fingerprint density at radius 3 is 2.28 bits per heavy atom. The monoisotopic (exact) mass is 450 g/mol. The van der Waals surface area contributed by atoms with E-state index >= 15 is 0 Å². The van der Waals surface area contributed by atoms with Gasteiger partial charge in [-0.3, -0.25) is 0 Å². The number of hydrogen-bond acceptors (Lipinski definition) is 1. The first kappa shape index (κ1) is 18.6. The summed E-state index contributed by atoms with van der Waals surface area (Å²) < 4.78 is 47.9. The van der Waals surface area contributed by atoms with Crippen LogP contribution >= 0.6 is 39.1 Å². The highest BCUT2D eigenvalue weighted by Crippen LogP contribution is 2.52. The van der Waals surface area contributed by atoms with E-state index in [4.69, 9.17) is 27.9 Å². The van der Waals surface area contributed by atoms with Crippen LogP contribution in [-0.4, -0.2) is 6.18 Å². The summed E-state index contributed by atoms with van der Waals surface area (Å²) in [5, 5.41) is 0.255. The second-order valence-corrected chi connectivity index (χ2v) is 7.61. The van der Waals surface area contributed by atoms with E-state index in [0.717, 1.165) is 10.0 Å². The van der Waals surface area contributed by atoms with Gasteiger partial charge in [-0.25, -0.2) is 0 Å². The van der Waals surface area contributed by atoms with Crippen molar-refractivity contribution in [3.05, 3.63) is 73.9 Å². The summed E-state index contributed by atoms with van der Waals surface area (Å²) >= 11 is 15.2. The van der Waals surface area contributed by atoms with Crippen molar-refractivity contribution in [1.82, 2.24) is 0 Å². The first-order valence-corrected chi connectivity index (χ1v) is 8.84. The summed E-state index contributed by atoms with van der Waals surface area (Å²) in [5.74, 6) is 0. The lowest BCUT2D eigenvalue weighted by Crippen LogP contribution is -2.42. The van der Waals surface area contributed by atoms with Crippen LogP contribution in [0.1, 0.15) is 23.1 Å². The highest BCUT2D eigenvalue weighted by molar-refractivity contribution is 9.10. The second kappa shape index (κ2) is 6.53. The highest BCUT2D eigenvalue weighted by atomic mass is 79.9. The quantitative estimate of drug-likeness (QED) is 0.466. The summed E-state index contributed by atoms with van der Waals surface area (Å²) in [5.41, 5.74) is -0.548. The van der Waals surface area contributed by atoms with Gasteiger partial charge in [-0.1, -0.05) is 51.3 Å². The Morgan fingerprint density at radius 2 is 1.72 bits per heavy atom. The topological polar surface area (TPSA) is 9.23 Å². The SMILES string of the molecule is Cc1cc(C2=COC(c3cc(Cl)cc(Cl)c3)(C(F)(F)F)C2)ccc1Br. The molecule has 0 N–H and O–H groups in total. The summed E-state index contributed by atoms with van der Waals surface area (Å²) in [7, 11) is 0. The third-order valence-corrected chi connectivity index (χ3v) is 5.48. The van der Waals surface area contributed by atoms with Crippen molar-refractivity contribution in [3.8, 4) is 0 Å². The molecule has 1 atom stereocenters. The van der Waals surface area contributed by atoms with Crippen molar-refractivity contribution in [2.45, 2.75) is 25.1 Å². The van der Waals surface area contributed by atoms with Crippen LogP contribution in [0.3, 0.4) is 0 Å². The van der Waals surface area contributed by atoms with Gasteiger partial charge in [0.2, 0.25) is 5.60 Å². The van der Waals surface area contributed by atoms with Crippen molar-refractivity contribution in [2.24, 2.45) is 0 Å². The van der Waals surface area contributed by atoms with E-state index < -0.39 is 11.8 Å². The molecule has 1 heterocycles. The van der Waals surface area contributed by atoms with Gasteiger partial charge in [-0.15, -0.1) is 0 Å². The average molecular weight is 452 g/mol. The minimum Gasteiger partial charge on any atom is -0.480 e. The smallest absolute Gasteiger partial charge is 0.432 e. The number of hydrogen-bond donors (Lipinski definition) is 0. The van der Waals surface area contributed by atoms with Crippen LogP contribution in [0, 0.1) is 6.92 Å². The molecule has 3 rings (SSSR count). The fourth-order valence-electron chi connectivity index (χ4n) is 2.83. The lowest BCUT2D eigenvalue weighted by atomic mass is 9.86. The maximum absolute atomic E-state index is 13.9. The van der Waals surface area contributed by atoms with Crippen molar-refractivity contribution in [3.63, 3.8) is 0 Å². The zero-order valence-corrected chi connectivity index (χ0v) is 16.0. The molecule has 1 aliphatic heterocycles. The summed E-state index contributed by atoms with van der Waals surface area (Å²) in [4.78, 5) is 0. The van der Waals surface area contributed by atoms with Gasteiger partial charge >= 0.3 is 6.18 Å². The molecule has 25 heavy (non-hydrogen) atoms. The molecular formula is C18H12BrCl2F3O. The van der Waals surface area contributed by atoms with Crippen LogP contribution in [0.15, 0.2) is 47.1 Å². The predicted octanol–water partition coefficient (Wildman–Crippen LogP) is 7.28. The maximum Gasteiger partial charge on any atom is 0.432 e. The Bertz CT molecular complexity index is 844. The number of ether oxygens (including phenoxy) is 1. The van der Waals surface area contributed by atoms with Gasteiger partial charge in [0.05, 0.1) is 6.26 Å². The molecular weight excluding hydrogens is 440 g/mol. The second-order valence-electron chi connectivity index (χ2n) is 5.88. The van der Waals surface area contributed by atoms with Gasteiger partial charge in [-0.2, -0.15) is 13.2 Å². The molecule has 0 amide bonds. The van der Waals surface area contributed by atoms with E-state index in [-0.39, 0.29) is 22.0 Å². The number of halogens is 6. The predicted molar refractivity (Wildman–Crippen MR) is 96.8 cm³/mol. The minimum atomic E-state index is -4.64. The Labute approximate surface area is 161 Å². The average Bonchev–Trinajstić information content (AvgIpc) is 2.95. The molecule has 7 heteroatoms. The number of benzene rings is 2. The standard InChI is InChI=1S/C18H12BrCl2F3O/c1-10-4-11(2-3-16(10)19)12-8-17(25-9-12,18(22,23)24)13-5-14(20)7-15(21)6-13/h2-7,9H,8H2,1H3. The zero-order chi connectivity index (χ0) is 18.4. The van der Waals surface area contributed by atoms with Crippen molar-refractivity contribution >= 4 is 44.7 Å². The lowest BCUT2D eigenvalue weighted by Gasteiger charge is -2.32. The van der Waals surface area contributed by atoms with Crippen LogP contribution in [0.25, 0.3) is 5.57 Å². The Morgan fingerprint density at radius 1 is 1.08 bits per heavy atom. The van der Waals surface area contributed by atoms with Crippen LogP contribution in [0.2, 0.25) is 10.0 Å². The number of alkyl halides is 3. The largest absolute Gasteiger partial charge is 0.480 e. The normalized spacial score (nSPS) is 20.4. The molecule has 0 aliphatic carbocycles. The summed E-state index contributed by atoms with van der Waals surface area (Å²) in [6, 6.07) is 9.24. The van der Waals surface area contributed by atoms with E-state index in [1.165, 1.54) is 24.5 Å². The van der Waals surface area contributed by atoms with E-state index in [1.807, 2.05) is 13.0 Å². The van der Waals surface area contributed by atoms with Gasteiger partial charge < -0.3 is 4.74 Å². The fraction of sp³-hybridized carbons (Fsp3) is 0.222. The Balaban J connectivity index is 2.04. The molecule has 0 spiro atoms. The van der Waals surface area contributed by atoms with Gasteiger partial charge in [-0.05, 0) is 47.9 Å². The van der Waals surface area contributed by atoms with Crippen molar-refractivity contribution in [2.75, 3.05) is 0 Å². The van der Waals surface area contributed by atoms with E-state index in [0.29, 0.717) is 11.1 Å². The molecule has 1 aliphatic rings. The van der Waals surface area contributed by atoms with E-state index in [9.17, 15) is 13.2 Å². The zero-order valence-electron chi connectivity index (χ0n) is 12.9. The Kier molecular flexibility index (Phi) is 4.86. The first-order valence-electron chi connectivity index (χ1n) is 7.29. The number of rotatable bonds is 2. The third-order valence-electron chi connectivity index (χ3n) is 4.16. The molecule has 0 radical (unpaired) electrons. The van der Waals surface area contributed by atoms with Gasteiger partial charge in [0.1, 0.15) is 0 Å². The van der Waals surface area contributed by atoms with Gasteiger partial charge in [0.25, 0.3) is 0 Å². The van der Waals surface area contributed by atoms with Gasteiger partial charge in [0.15, 0.2) is 0 Å². The molecule has 2 aromatic carbocycles. The molecule has 2 aromatic rings. The van der Waals surface area contributed by atoms with Crippen LogP contribution in [0.4, 0.5) is 13.2 Å². The molecule has 0 saturated carbocycles. The molecule has 132 valence electrons. The van der Waals surface area contributed by atoms with Crippen molar-refractivity contribution < 1.29 is 17.9 Å². The third kappa shape index (κ3) is 3.42. The summed E-state index contributed by atoms with van der Waals surface area (Å²) in [6.07, 6.45) is -3.82. The summed E-state index contributed by atoms with van der Waals surface area (Å²) in [6.45, 7) is 1.87.